The molecule has 0 amide bonds. The van der Waals surface area contributed by atoms with Crippen LogP contribution in [0.25, 0.3) is 11.0 Å². The van der Waals surface area contributed by atoms with Gasteiger partial charge in [-0.15, -0.1) is 0 Å². The highest BCUT2D eigenvalue weighted by Gasteiger charge is 2.16. The first kappa shape index (κ1) is 10.3. The Morgan fingerprint density at radius 2 is 2.12 bits per heavy atom. The van der Waals surface area contributed by atoms with E-state index >= 15 is 0 Å². The zero-order chi connectivity index (χ0) is 11.9. The fraction of sp³-hybridized carbons (Fsp3) is 0.333. The van der Waals surface area contributed by atoms with Crippen LogP contribution in [-0.2, 0) is 0 Å². The van der Waals surface area contributed by atoms with Gasteiger partial charge in [0.05, 0.1) is 6.20 Å². The van der Waals surface area contributed by atoms with Crippen molar-refractivity contribution in [3.63, 3.8) is 0 Å². The molecule has 0 aliphatic heterocycles. The summed E-state index contributed by atoms with van der Waals surface area (Å²) in [5, 5.41) is 22.7. The van der Waals surface area contributed by atoms with E-state index in [4.69, 9.17) is 5.11 Å². The van der Waals surface area contributed by atoms with Crippen LogP contribution in [0.1, 0.15) is 30.5 Å². The molecule has 2 N–H and O–H groups in total. The minimum atomic E-state index is -1.28. The SMILES string of the molecule is CC(C)n1ncc2c(O)nc(C(=O)O)nc21. The summed E-state index contributed by atoms with van der Waals surface area (Å²) >= 11 is 0. The number of nitrogens with zero attached hydrogens (tertiary/aromatic N) is 4. The third-order valence-electron chi connectivity index (χ3n) is 2.11. The second-order valence-corrected chi connectivity index (χ2v) is 3.60. The van der Waals surface area contributed by atoms with Crippen molar-refractivity contribution in [2.24, 2.45) is 0 Å². The van der Waals surface area contributed by atoms with Crippen molar-refractivity contribution in [3.8, 4) is 5.88 Å². The van der Waals surface area contributed by atoms with Gasteiger partial charge in [-0.1, -0.05) is 0 Å². The van der Waals surface area contributed by atoms with E-state index in [2.05, 4.69) is 15.1 Å². The molecule has 0 unspecified atom stereocenters. The van der Waals surface area contributed by atoms with Crippen LogP contribution in [-0.4, -0.2) is 35.9 Å². The molecule has 0 saturated carbocycles. The highest BCUT2D eigenvalue weighted by atomic mass is 16.4. The van der Waals surface area contributed by atoms with E-state index in [1.165, 1.54) is 10.9 Å². The maximum Gasteiger partial charge on any atom is 0.374 e. The molecule has 2 rings (SSSR count). The number of rotatable bonds is 2. The molecule has 16 heavy (non-hydrogen) atoms. The van der Waals surface area contributed by atoms with Crippen LogP contribution in [0.15, 0.2) is 6.20 Å². The van der Waals surface area contributed by atoms with Gasteiger partial charge in [0, 0.05) is 6.04 Å². The highest BCUT2D eigenvalue weighted by molar-refractivity contribution is 5.88. The summed E-state index contributed by atoms with van der Waals surface area (Å²) in [4.78, 5) is 18.0. The molecule has 0 bridgehead atoms. The van der Waals surface area contributed by atoms with Crippen LogP contribution in [0.5, 0.6) is 5.88 Å². The fourth-order valence-electron chi connectivity index (χ4n) is 1.38. The van der Waals surface area contributed by atoms with Crippen LogP contribution in [0.2, 0.25) is 0 Å². The Kier molecular flexibility index (Phi) is 2.22. The lowest BCUT2D eigenvalue weighted by atomic mass is 10.3. The Morgan fingerprint density at radius 1 is 1.44 bits per heavy atom. The summed E-state index contributed by atoms with van der Waals surface area (Å²) in [6.45, 7) is 3.76. The predicted molar refractivity (Wildman–Crippen MR) is 54.3 cm³/mol. The molecule has 2 heterocycles. The average Bonchev–Trinajstić information content (AvgIpc) is 2.61. The lowest BCUT2D eigenvalue weighted by Gasteiger charge is -2.06. The number of aromatic carboxylic acids is 1. The van der Waals surface area contributed by atoms with Crippen molar-refractivity contribution in [3.05, 3.63) is 12.0 Å². The molecule has 84 valence electrons. The van der Waals surface area contributed by atoms with Gasteiger partial charge in [-0.3, -0.25) is 0 Å². The van der Waals surface area contributed by atoms with E-state index in [-0.39, 0.29) is 11.9 Å². The summed E-state index contributed by atoms with van der Waals surface area (Å²) < 4.78 is 1.53. The zero-order valence-electron chi connectivity index (χ0n) is 8.75. The lowest BCUT2D eigenvalue weighted by Crippen LogP contribution is -2.08. The number of carboxylic acid groups (broad SMARTS) is 1. The average molecular weight is 222 g/mol. The Hall–Kier alpha value is -2.18. The maximum absolute atomic E-state index is 10.7. The molecule has 0 fully saturated rings. The van der Waals surface area contributed by atoms with E-state index in [1.54, 1.807) is 0 Å². The Balaban J connectivity index is 2.76. The molecule has 0 aliphatic rings. The number of aromatic nitrogens is 4. The number of aromatic hydroxyl groups is 1. The van der Waals surface area contributed by atoms with Gasteiger partial charge in [0.2, 0.25) is 11.7 Å². The van der Waals surface area contributed by atoms with Crippen molar-refractivity contribution < 1.29 is 15.0 Å². The molecular formula is C9H10N4O3. The van der Waals surface area contributed by atoms with E-state index < -0.39 is 11.8 Å². The van der Waals surface area contributed by atoms with Gasteiger partial charge in [0.25, 0.3) is 0 Å². The molecule has 0 atom stereocenters. The standard InChI is InChI=1S/C9H10N4O3/c1-4(2)13-7-5(3-10-13)8(14)12-6(11-7)9(15)16/h3-4H,1-2H3,(H,15,16)(H,11,12,14). The molecule has 0 spiro atoms. The normalized spacial score (nSPS) is 11.2. The Labute approximate surface area is 90.4 Å². The van der Waals surface area contributed by atoms with Gasteiger partial charge in [0.1, 0.15) is 5.39 Å². The second-order valence-electron chi connectivity index (χ2n) is 3.60. The van der Waals surface area contributed by atoms with Gasteiger partial charge >= 0.3 is 5.97 Å². The van der Waals surface area contributed by atoms with Gasteiger partial charge < -0.3 is 10.2 Å². The van der Waals surface area contributed by atoms with Crippen LogP contribution >= 0.6 is 0 Å². The lowest BCUT2D eigenvalue weighted by molar-refractivity contribution is 0.0682. The third-order valence-corrected chi connectivity index (χ3v) is 2.11. The monoisotopic (exact) mass is 222 g/mol. The molecular weight excluding hydrogens is 212 g/mol. The molecule has 0 aliphatic carbocycles. The van der Waals surface area contributed by atoms with Crippen molar-refractivity contribution in [1.82, 2.24) is 19.7 Å². The van der Waals surface area contributed by atoms with Crippen molar-refractivity contribution in [2.75, 3.05) is 0 Å². The van der Waals surface area contributed by atoms with Crippen LogP contribution < -0.4 is 0 Å². The van der Waals surface area contributed by atoms with E-state index in [9.17, 15) is 9.90 Å². The van der Waals surface area contributed by atoms with Crippen LogP contribution in [0.4, 0.5) is 0 Å². The highest BCUT2D eigenvalue weighted by Crippen LogP contribution is 2.22. The molecule has 2 aromatic rings. The maximum atomic E-state index is 10.7. The van der Waals surface area contributed by atoms with Crippen molar-refractivity contribution in [1.29, 1.82) is 0 Å². The fourth-order valence-corrected chi connectivity index (χ4v) is 1.38. The topological polar surface area (TPSA) is 101 Å². The second kappa shape index (κ2) is 3.44. The smallest absolute Gasteiger partial charge is 0.374 e. The first-order valence-electron chi connectivity index (χ1n) is 4.68. The van der Waals surface area contributed by atoms with Gasteiger partial charge in [0.15, 0.2) is 5.65 Å². The zero-order valence-corrected chi connectivity index (χ0v) is 8.75. The molecule has 2 aromatic heterocycles. The molecule has 7 nitrogen and oxygen atoms in total. The first-order valence-corrected chi connectivity index (χ1v) is 4.68. The van der Waals surface area contributed by atoms with Gasteiger partial charge in [-0.2, -0.15) is 10.1 Å². The molecule has 7 heteroatoms. The van der Waals surface area contributed by atoms with Crippen LogP contribution in [0, 0.1) is 0 Å². The number of fused-ring (bicyclic) bond motifs is 1. The molecule has 0 saturated heterocycles. The molecule has 0 aromatic carbocycles. The van der Waals surface area contributed by atoms with E-state index in [1.807, 2.05) is 13.8 Å². The van der Waals surface area contributed by atoms with Crippen molar-refractivity contribution in [2.45, 2.75) is 19.9 Å². The van der Waals surface area contributed by atoms with Crippen molar-refractivity contribution >= 4 is 17.0 Å². The largest absolute Gasteiger partial charge is 0.493 e. The van der Waals surface area contributed by atoms with E-state index in [0.717, 1.165) is 0 Å². The molecule has 0 radical (unpaired) electrons. The van der Waals surface area contributed by atoms with E-state index in [0.29, 0.717) is 11.0 Å². The third kappa shape index (κ3) is 1.46. The first-order chi connectivity index (χ1) is 7.50. The predicted octanol–water partition coefficient (Wildman–Crippen LogP) is 0.811. The number of hydrogen-bond acceptors (Lipinski definition) is 5. The Bertz CT molecular complexity index is 561. The van der Waals surface area contributed by atoms with Crippen LogP contribution in [0.3, 0.4) is 0 Å². The Morgan fingerprint density at radius 3 is 2.69 bits per heavy atom. The summed E-state index contributed by atoms with van der Waals surface area (Å²) in [7, 11) is 0. The quantitative estimate of drug-likeness (QED) is 0.779. The van der Waals surface area contributed by atoms with Gasteiger partial charge in [-0.05, 0) is 13.8 Å². The number of carbonyl (C=O) groups is 1. The number of hydrogen-bond donors (Lipinski definition) is 2. The van der Waals surface area contributed by atoms with Gasteiger partial charge in [-0.25, -0.2) is 14.5 Å². The number of carboxylic acids is 1. The minimum absolute atomic E-state index is 0.0217. The summed E-state index contributed by atoms with van der Waals surface area (Å²) in [6.07, 6.45) is 1.41. The summed E-state index contributed by atoms with van der Waals surface area (Å²) in [5.74, 6) is -2.09. The summed E-state index contributed by atoms with van der Waals surface area (Å²) in [6, 6.07) is 0.0217. The summed E-state index contributed by atoms with van der Waals surface area (Å²) in [5.41, 5.74) is 0.319. The minimum Gasteiger partial charge on any atom is -0.493 e.